The van der Waals surface area contributed by atoms with E-state index >= 15 is 0 Å². The van der Waals surface area contributed by atoms with Crippen LogP contribution in [0.2, 0.25) is 5.02 Å². The van der Waals surface area contributed by atoms with Crippen LogP contribution >= 0.6 is 11.6 Å². The summed E-state index contributed by atoms with van der Waals surface area (Å²) < 4.78 is 5.06. The highest BCUT2D eigenvalue weighted by molar-refractivity contribution is 6.30. The van der Waals surface area contributed by atoms with Crippen molar-refractivity contribution in [2.45, 2.75) is 19.4 Å². The molecule has 8 heteroatoms. The van der Waals surface area contributed by atoms with E-state index in [1.165, 1.54) is 5.01 Å². The maximum Gasteiger partial charge on any atom is 0.414 e. The Morgan fingerprint density at radius 2 is 2.00 bits per heavy atom. The van der Waals surface area contributed by atoms with Gasteiger partial charge in [0.15, 0.2) is 0 Å². The summed E-state index contributed by atoms with van der Waals surface area (Å²) in [4.78, 5) is 26.0. The summed E-state index contributed by atoms with van der Waals surface area (Å²) in [5.74, 6) is 0. The quantitative estimate of drug-likeness (QED) is 0.818. The molecule has 2 aromatic rings. The van der Waals surface area contributed by atoms with Gasteiger partial charge >= 0.3 is 12.1 Å². The molecule has 0 unspecified atom stereocenters. The number of carbonyl (C=O) groups excluding carboxylic acids is 2. The van der Waals surface area contributed by atoms with Crippen LogP contribution in [0.1, 0.15) is 23.6 Å². The van der Waals surface area contributed by atoms with Crippen molar-refractivity contribution in [3.8, 4) is 0 Å². The summed E-state index contributed by atoms with van der Waals surface area (Å²) in [5.41, 5.74) is 4.24. The average molecular weight is 413 g/mol. The lowest BCUT2D eigenvalue weighted by molar-refractivity contribution is 0.181. The zero-order chi connectivity index (χ0) is 20.5. The largest absolute Gasteiger partial charge is 0.447 e. The third kappa shape index (κ3) is 3.65. The van der Waals surface area contributed by atoms with E-state index in [0.717, 1.165) is 22.4 Å². The van der Waals surface area contributed by atoms with Gasteiger partial charge in [-0.15, -0.1) is 0 Å². The van der Waals surface area contributed by atoms with Crippen LogP contribution in [-0.2, 0) is 11.2 Å². The van der Waals surface area contributed by atoms with Crippen molar-refractivity contribution in [2.75, 3.05) is 25.1 Å². The number of nitrogens with one attached hydrogen (secondary N) is 1. The highest BCUT2D eigenvalue weighted by atomic mass is 35.5. The lowest BCUT2D eigenvalue weighted by Gasteiger charge is -2.22. The zero-order valence-corrected chi connectivity index (χ0v) is 16.9. The highest BCUT2D eigenvalue weighted by Gasteiger charge is 2.29. The fourth-order valence-electron chi connectivity index (χ4n) is 3.62. The molecule has 2 aliphatic heterocycles. The Hall–Kier alpha value is -3.06. The van der Waals surface area contributed by atoms with E-state index in [1.54, 1.807) is 24.1 Å². The van der Waals surface area contributed by atoms with E-state index in [-0.39, 0.29) is 18.2 Å². The van der Waals surface area contributed by atoms with Crippen molar-refractivity contribution in [2.24, 2.45) is 5.10 Å². The summed E-state index contributed by atoms with van der Waals surface area (Å²) in [6, 6.07) is 12.7. The molecular weight excluding hydrogens is 392 g/mol. The van der Waals surface area contributed by atoms with E-state index in [9.17, 15) is 9.59 Å². The number of nitrogens with zero attached hydrogens (tertiary/aromatic N) is 3. The van der Waals surface area contributed by atoms with Crippen LogP contribution < -0.4 is 10.2 Å². The van der Waals surface area contributed by atoms with Crippen LogP contribution in [0.25, 0.3) is 0 Å². The van der Waals surface area contributed by atoms with E-state index in [2.05, 4.69) is 5.32 Å². The fraction of sp³-hybridized carbons (Fsp3) is 0.286. The molecule has 1 N–H and O–H groups in total. The van der Waals surface area contributed by atoms with E-state index in [0.29, 0.717) is 30.3 Å². The molecule has 150 valence electrons. The SMILES string of the molecule is CNC(=O)N1N=C(c2ccc(Cl)cc2)c2ccc(N3CCOC3=O)cc2C[C@@H]1C. The maximum atomic E-state index is 12.4. The highest BCUT2D eigenvalue weighted by Crippen LogP contribution is 2.29. The Labute approximate surface area is 173 Å². The molecule has 3 amide bonds. The van der Waals surface area contributed by atoms with Gasteiger partial charge in [0.05, 0.1) is 18.3 Å². The third-order valence-corrected chi connectivity index (χ3v) is 5.35. The maximum absolute atomic E-state index is 12.4. The number of hydrogen-bond donors (Lipinski definition) is 1. The Kier molecular flexibility index (Phi) is 5.15. The van der Waals surface area contributed by atoms with Crippen molar-refractivity contribution in [3.05, 3.63) is 64.2 Å². The Bertz CT molecular complexity index is 990. The van der Waals surface area contributed by atoms with Gasteiger partial charge in [-0.2, -0.15) is 5.10 Å². The molecule has 0 radical (unpaired) electrons. The van der Waals surface area contributed by atoms with Gasteiger partial charge in [0.2, 0.25) is 0 Å². The lowest BCUT2D eigenvalue weighted by Crippen LogP contribution is -2.41. The molecule has 0 bridgehead atoms. The first-order chi connectivity index (χ1) is 14.0. The summed E-state index contributed by atoms with van der Waals surface area (Å²) >= 11 is 6.05. The Balaban J connectivity index is 1.83. The first kappa shape index (κ1) is 19.3. The second kappa shape index (κ2) is 7.75. The molecule has 0 aliphatic carbocycles. The lowest BCUT2D eigenvalue weighted by atomic mass is 9.94. The summed E-state index contributed by atoms with van der Waals surface area (Å²) in [6.45, 7) is 2.86. The van der Waals surface area contributed by atoms with Crippen molar-refractivity contribution in [1.29, 1.82) is 0 Å². The number of hydrogen-bond acceptors (Lipinski definition) is 4. The van der Waals surface area contributed by atoms with E-state index in [1.807, 2.05) is 37.3 Å². The van der Waals surface area contributed by atoms with Crippen LogP contribution in [0.4, 0.5) is 15.3 Å². The first-order valence-corrected chi connectivity index (χ1v) is 9.79. The Morgan fingerprint density at radius 3 is 2.66 bits per heavy atom. The minimum atomic E-state index is -0.342. The fourth-order valence-corrected chi connectivity index (χ4v) is 3.75. The van der Waals surface area contributed by atoms with Crippen LogP contribution in [0, 0.1) is 0 Å². The smallest absolute Gasteiger partial charge is 0.414 e. The number of hydrazone groups is 1. The predicted molar refractivity (Wildman–Crippen MR) is 112 cm³/mol. The number of rotatable bonds is 2. The molecule has 2 heterocycles. The number of carbonyl (C=O) groups is 2. The van der Waals surface area contributed by atoms with Gasteiger partial charge in [-0.25, -0.2) is 14.6 Å². The van der Waals surface area contributed by atoms with Crippen molar-refractivity contribution < 1.29 is 14.3 Å². The second-order valence-corrected chi connectivity index (χ2v) is 7.45. The molecule has 0 saturated carbocycles. The third-order valence-electron chi connectivity index (χ3n) is 5.10. The van der Waals surface area contributed by atoms with Gasteiger partial charge in [0, 0.05) is 28.9 Å². The van der Waals surface area contributed by atoms with Gasteiger partial charge in [0.1, 0.15) is 6.61 Å². The predicted octanol–water partition coefficient (Wildman–Crippen LogP) is 3.64. The van der Waals surface area contributed by atoms with Gasteiger partial charge in [-0.1, -0.05) is 29.8 Å². The molecule has 0 aromatic heterocycles. The van der Waals surface area contributed by atoms with Gasteiger partial charge in [-0.05, 0) is 43.2 Å². The number of amides is 3. The zero-order valence-electron chi connectivity index (χ0n) is 16.2. The summed E-state index contributed by atoms with van der Waals surface area (Å²) in [6.07, 6.45) is 0.255. The molecule has 1 saturated heterocycles. The van der Waals surface area contributed by atoms with E-state index < -0.39 is 0 Å². The monoisotopic (exact) mass is 412 g/mol. The molecule has 0 spiro atoms. The van der Waals surface area contributed by atoms with Crippen molar-refractivity contribution in [3.63, 3.8) is 0 Å². The minimum absolute atomic E-state index is 0.167. The summed E-state index contributed by atoms with van der Waals surface area (Å²) in [7, 11) is 1.58. The van der Waals surface area contributed by atoms with Gasteiger partial charge in [0.25, 0.3) is 0 Å². The first-order valence-electron chi connectivity index (χ1n) is 9.41. The molecule has 4 rings (SSSR count). The normalized spacial score (nSPS) is 18.7. The Morgan fingerprint density at radius 1 is 1.24 bits per heavy atom. The van der Waals surface area contributed by atoms with Crippen LogP contribution in [-0.4, -0.2) is 49.1 Å². The summed E-state index contributed by atoms with van der Waals surface area (Å²) in [5, 5.41) is 9.45. The average Bonchev–Trinajstić information content (AvgIpc) is 3.09. The molecule has 2 aromatic carbocycles. The van der Waals surface area contributed by atoms with Gasteiger partial charge < -0.3 is 10.1 Å². The number of cyclic esters (lactones) is 1. The molecule has 1 fully saturated rings. The number of urea groups is 1. The van der Waals surface area contributed by atoms with Crippen molar-refractivity contribution in [1.82, 2.24) is 10.3 Å². The van der Waals surface area contributed by atoms with Crippen LogP contribution in [0.15, 0.2) is 47.6 Å². The number of fused-ring (bicyclic) bond motifs is 1. The molecule has 2 aliphatic rings. The topological polar surface area (TPSA) is 74.2 Å². The van der Waals surface area contributed by atoms with Crippen LogP contribution in [0.3, 0.4) is 0 Å². The van der Waals surface area contributed by atoms with Crippen LogP contribution in [0.5, 0.6) is 0 Å². The molecule has 29 heavy (non-hydrogen) atoms. The van der Waals surface area contributed by atoms with E-state index in [4.69, 9.17) is 21.4 Å². The number of ether oxygens (including phenoxy) is 1. The second-order valence-electron chi connectivity index (χ2n) is 7.02. The number of halogens is 1. The number of benzene rings is 2. The van der Waals surface area contributed by atoms with Gasteiger partial charge in [-0.3, -0.25) is 4.90 Å². The standard InChI is InChI=1S/C21H21ClN4O3/c1-13-11-15-12-17(25-9-10-29-21(25)28)7-8-18(15)19(24-26(13)20(27)23-2)14-3-5-16(22)6-4-14/h3-8,12-13H,9-11H2,1-2H3,(H,23,27)/t13-/m0/s1. The minimum Gasteiger partial charge on any atom is -0.447 e. The number of anilines is 1. The molecular formula is C21H21ClN4O3. The molecule has 7 nitrogen and oxygen atoms in total. The molecule has 1 atom stereocenters. The van der Waals surface area contributed by atoms with Crippen molar-refractivity contribution >= 4 is 35.1 Å².